The molecule has 0 saturated heterocycles. The molecule has 0 bridgehead atoms. The number of hydrogen-bond acceptors (Lipinski definition) is 0. The van der Waals surface area contributed by atoms with Gasteiger partial charge in [0, 0.05) is 0 Å². The molecule has 2 rings (SSSR count). The molecule has 0 aromatic heterocycles. The standard InChI is InChI=1S/2C10H19.Hg/c2*1-8(2)10-6-4-9(3)5-7-10;/h2*6,8-10H,4-5,7H2,1-3H3;. The summed E-state index contributed by atoms with van der Waals surface area (Å²) in [6.07, 6.45) is 9.36. The fourth-order valence-corrected chi connectivity index (χ4v) is 23.5. The van der Waals surface area contributed by atoms with Crippen LogP contribution in [-0.4, -0.2) is 0 Å². The average Bonchev–Trinajstić information content (AvgIpc) is 2.38. The van der Waals surface area contributed by atoms with E-state index in [4.69, 9.17) is 0 Å². The van der Waals surface area contributed by atoms with Crippen molar-refractivity contribution in [1.29, 1.82) is 0 Å². The second-order valence-corrected chi connectivity index (χ2v) is 19.4. The van der Waals surface area contributed by atoms with Crippen LogP contribution >= 0.6 is 0 Å². The molecule has 120 valence electrons. The number of rotatable bonds is 4. The summed E-state index contributed by atoms with van der Waals surface area (Å²) >= 11 is -0.804. The Kier molecular flexibility index (Phi) is 7.10. The first-order valence-corrected chi connectivity index (χ1v) is 16.2. The van der Waals surface area contributed by atoms with Gasteiger partial charge in [-0.25, -0.2) is 0 Å². The van der Waals surface area contributed by atoms with E-state index in [9.17, 15) is 0 Å². The third-order valence-electron chi connectivity index (χ3n) is 6.92. The van der Waals surface area contributed by atoms with E-state index in [-0.39, 0.29) is 0 Å². The first-order chi connectivity index (χ1) is 9.88. The summed E-state index contributed by atoms with van der Waals surface area (Å²) in [6.45, 7) is 15.1. The second-order valence-electron chi connectivity index (χ2n) is 9.41. The van der Waals surface area contributed by atoms with Crippen molar-refractivity contribution in [2.24, 2.45) is 35.5 Å². The Bertz CT molecular complexity index is 279. The van der Waals surface area contributed by atoms with E-state index in [1.54, 1.807) is 25.7 Å². The van der Waals surface area contributed by atoms with Crippen molar-refractivity contribution in [2.75, 3.05) is 0 Å². The molecule has 0 amide bonds. The molecule has 2 fully saturated rings. The molecule has 0 nitrogen and oxygen atoms in total. The van der Waals surface area contributed by atoms with Crippen LogP contribution in [0.15, 0.2) is 0 Å². The molecule has 0 spiro atoms. The quantitative estimate of drug-likeness (QED) is 0.388. The zero-order valence-electron chi connectivity index (χ0n) is 15.6. The number of hydrogen-bond donors (Lipinski definition) is 0. The Labute approximate surface area is 146 Å². The van der Waals surface area contributed by atoms with E-state index in [0.717, 1.165) is 35.5 Å². The Morgan fingerprint density at radius 1 is 0.667 bits per heavy atom. The minimum absolute atomic E-state index is 0.804. The van der Waals surface area contributed by atoms with Crippen molar-refractivity contribution >= 4 is 0 Å². The van der Waals surface area contributed by atoms with Gasteiger partial charge >= 0.3 is 147 Å². The van der Waals surface area contributed by atoms with Gasteiger partial charge in [0.25, 0.3) is 0 Å². The van der Waals surface area contributed by atoms with Crippen molar-refractivity contribution in [3.05, 3.63) is 0 Å². The Balaban J connectivity index is 2.04. The summed E-state index contributed by atoms with van der Waals surface area (Å²) < 4.78 is 2.48. The molecular formula is C20H38Hg. The van der Waals surface area contributed by atoms with Gasteiger partial charge < -0.3 is 0 Å². The molecule has 6 atom stereocenters. The molecule has 0 aromatic carbocycles. The molecule has 0 aromatic rings. The Hall–Kier alpha value is 0.935. The zero-order valence-corrected chi connectivity index (χ0v) is 21.1. The van der Waals surface area contributed by atoms with E-state index >= 15 is 0 Å². The van der Waals surface area contributed by atoms with Gasteiger partial charge in [0.05, 0.1) is 0 Å². The van der Waals surface area contributed by atoms with Crippen LogP contribution in [0, 0.1) is 35.5 Å². The summed E-state index contributed by atoms with van der Waals surface area (Å²) in [4.78, 5) is 0. The maximum absolute atomic E-state index is 2.53. The molecule has 0 aliphatic heterocycles. The topological polar surface area (TPSA) is 0 Å². The van der Waals surface area contributed by atoms with Crippen LogP contribution in [0.25, 0.3) is 0 Å². The summed E-state index contributed by atoms with van der Waals surface area (Å²) in [5.41, 5.74) is 0. The van der Waals surface area contributed by atoms with Crippen molar-refractivity contribution in [1.82, 2.24) is 0 Å². The third kappa shape index (κ3) is 4.95. The molecule has 0 N–H and O–H groups in total. The molecular weight excluding hydrogens is 441 g/mol. The fraction of sp³-hybridized carbons (Fsp3) is 1.00. The third-order valence-corrected chi connectivity index (χ3v) is 18.9. The van der Waals surface area contributed by atoms with Gasteiger partial charge in [-0.05, 0) is 0 Å². The predicted octanol–water partition coefficient (Wildman–Crippen LogP) is 6.83. The normalized spacial score (nSPS) is 41.3. The second kappa shape index (κ2) is 8.16. The molecule has 6 unspecified atom stereocenters. The van der Waals surface area contributed by atoms with Gasteiger partial charge in [-0.3, -0.25) is 0 Å². The van der Waals surface area contributed by atoms with E-state index in [1.165, 1.54) is 19.7 Å². The molecule has 0 heterocycles. The van der Waals surface area contributed by atoms with Crippen LogP contribution in [0.3, 0.4) is 0 Å². The van der Waals surface area contributed by atoms with E-state index in [1.807, 2.05) is 0 Å². The first kappa shape index (κ1) is 18.3. The van der Waals surface area contributed by atoms with Gasteiger partial charge in [0.1, 0.15) is 0 Å². The summed E-state index contributed by atoms with van der Waals surface area (Å²) in [6, 6.07) is 0. The van der Waals surface area contributed by atoms with Crippen LogP contribution < -0.4 is 0 Å². The van der Waals surface area contributed by atoms with Crippen LogP contribution in [0.4, 0.5) is 0 Å². The monoisotopic (exact) mass is 480 g/mol. The van der Waals surface area contributed by atoms with Crippen molar-refractivity contribution in [3.63, 3.8) is 0 Å². The van der Waals surface area contributed by atoms with E-state index in [0.29, 0.717) is 0 Å². The van der Waals surface area contributed by atoms with Crippen molar-refractivity contribution in [2.45, 2.75) is 86.9 Å². The average molecular weight is 479 g/mol. The SMILES string of the molecule is CC1CCC(C(C)C)[CH]([Hg][CH]2CC(C)CCC2C(C)C)C1. The van der Waals surface area contributed by atoms with Gasteiger partial charge in [0.15, 0.2) is 0 Å². The Morgan fingerprint density at radius 3 is 1.38 bits per heavy atom. The van der Waals surface area contributed by atoms with Crippen LogP contribution in [0.1, 0.15) is 80.1 Å². The summed E-state index contributed by atoms with van der Waals surface area (Å²) in [5, 5.41) is 0. The zero-order chi connectivity index (χ0) is 15.6. The van der Waals surface area contributed by atoms with Gasteiger partial charge in [0.2, 0.25) is 0 Å². The first-order valence-electron chi connectivity index (χ1n) is 9.88. The molecule has 21 heavy (non-hydrogen) atoms. The fourth-order valence-electron chi connectivity index (χ4n) is 5.73. The molecule has 1 heteroatoms. The predicted molar refractivity (Wildman–Crippen MR) is 90.2 cm³/mol. The van der Waals surface area contributed by atoms with E-state index in [2.05, 4.69) is 41.5 Å². The van der Waals surface area contributed by atoms with Gasteiger partial charge in [-0.2, -0.15) is 0 Å². The Morgan fingerprint density at radius 2 is 1.05 bits per heavy atom. The molecule has 0 radical (unpaired) electrons. The van der Waals surface area contributed by atoms with Gasteiger partial charge in [-0.15, -0.1) is 0 Å². The van der Waals surface area contributed by atoms with Gasteiger partial charge in [-0.1, -0.05) is 0 Å². The van der Waals surface area contributed by atoms with Crippen LogP contribution in [0.2, 0.25) is 6.85 Å². The molecule has 2 saturated carbocycles. The minimum atomic E-state index is -0.804. The summed E-state index contributed by atoms with van der Waals surface area (Å²) in [7, 11) is 0. The molecule has 2 aliphatic rings. The van der Waals surface area contributed by atoms with Crippen molar-refractivity contribution in [3.8, 4) is 0 Å². The molecule has 2 aliphatic carbocycles. The van der Waals surface area contributed by atoms with Crippen molar-refractivity contribution < 1.29 is 24.6 Å². The summed E-state index contributed by atoms with van der Waals surface area (Å²) in [5.74, 6) is 6.16. The van der Waals surface area contributed by atoms with Crippen LogP contribution in [0.5, 0.6) is 0 Å². The van der Waals surface area contributed by atoms with Crippen LogP contribution in [-0.2, 0) is 24.6 Å². The van der Waals surface area contributed by atoms with E-state index < -0.39 is 24.6 Å². The maximum atomic E-state index is 2.53.